The molecule has 1 N–H and O–H groups in total. The van der Waals surface area contributed by atoms with Crippen LogP contribution < -0.4 is 10.2 Å². The topological polar surface area (TPSA) is 66.4 Å². The van der Waals surface area contributed by atoms with Gasteiger partial charge in [-0.1, -0.05) is 0 Å². The summed E-state index contributed by atoms with van der Waals surface area (Å²) in [4.78, 5) is 18.0. The maximum Gasteiger partial charge on any atom is 0.180 e. The number of fused-ring (bicyclic) bond motifs is 1. The normalized spacial score (nSPS) is 26.0. The SMILES string of the molecule is C[C@@H]1CN(c2ccnc3nccnc23)C[C@H](CN2CCNCC2)O1. The number of rotatable bonds is 3. The number of nitrogens with zero attached hydrogens (tertiary/aromatic N) is 5. The summed E-state index contributed by atoms with van der Waals surface area (Å²) in [6.07, 6.45) is 5.65. The molecule has 2 aromatic heterocycles. The van der Waals surface area contributed by atoms with Crippen molar-refractivity contribution in [3.8, 4) is 0 Å². The van der Waals surface area contributed by atoms with Gasteiger partial charge in [0.2, 0.25) is 0 Å². The number of morpholine rings is 1. The number of piperazine rings is 1. The monoisotopic (exact) mass is 328 g/mol. The standard InChI is InChI=1S/C17H24N6O/c1-13-10-23(12-14(24-13)11-22-8-6-18-7-9-22)15-2-3-20-17-16(15)19-4-5-21-17/h2-5,13-14,18H,6-12H2,1H3/t13-,14+/m1/s1. The maximum absolute atomic E-state index is 6.20. The van der Waals surface area contributed by atoms with Crippen molar-refractivity contribution in [2.75, 3.05) is 50.7 Å². The average molecular weight is 328 g/mol. The average Bonchev–Trinajstić information content (AvgIpc) is 2.61. The van der Waals surface area contributed by atoms with Crippen molar-refractivity contribution in [3.63, 3.8) is 0 Å². The lowest BCUT2D eigenvalue weighted by atomic mass is 10.1. The van der Waals surface area contributed by atoms with E-state index < -0.39 is 0 Å². The minimum absolute atomic E-state index is 0.201. The van der Waals surface area contributed by atoms with Crippen molar-refractivity contribution in [2.24, 2.45) is 0 Å². The molecule has 0 aliphatic carbocycles. The molecule has 2 aromatic rings. The summed E-state index contributed by atoms with van der Waals surface area (Å²) in [5.74, 6) is 0. The van der Waals surface area contributed by atoms with Gasteiger partial charge in [-0.15, -0.1) is 0 Å². The second-order valence-corrected chi connectivity index (χ2v) is 6.58. The first-order valence-corrected chi connectivity index (χ1v) is 8.69. The van der Waals surface area contributed by atoms with Crippen molar-refractivity contribution < 1.29 is 4.74 Å². The van der Waals surface area contributed by atoms with Gasteiger partial charge in [0.25, 0.3) is 0 Å². The quantitative estimate of drug-likeness (QED) is 0.881. The van der Waals surface area contributed by atoms with Gasteiger partial charge < -0.3 is 15.0 Å². The lowest BCUT2D eigenvalue weighted by Crippen LogP contribution is -2.53. The van der Waals surface area contributed by atoms with Crippen LogP contribution in [0.15, 0.2) is 24.7 Å². The van der Waals surface area contributed by atoms with Gasteiger partial charge in [-0.3, -0.25) is 4.90 Å². The zero-order valence-electron chi connectivity index (χ0n) is 14.1. The summed E-state index contributed by atoms with van der Waals surface area (Å²) in [7, 11) is 0. The molecule has 24 heavy (non-hydrogen) atoms. The zero-order chi connectivity index (χ0) is 16.4. The molecule has 7 nitrogen and oxygen atoms in total. The number of anilines is 1. The minimum Gasteiger partial charge on any atom is -0.370 e. The Morgan fingerprint density at radius 1 is 1.12 bits per heavy atom. The summed E-state index contributed by atoms with van der Waals surface area (Å²) in [6, 6.07) is 2.04. The van der Waals surface area contributed by atoms with Crippen molar-refractivity contribution in [1.82, 2.24) is 25.2 Å². The number of hydrogen-bond donors (Lipinski definition) is 1. The highest BCUT2D eigenvalue weighted by molar-refractivity contribution is 5.85. The second-order valence-electron chi connectivity index (χ2n) is 6.58. The van der Waals surface area contributed by atoms with E-state index in [1.54, 1.807) is 12.4 Å². The van der Waals surface area contributed by atoms with Gasteiger partial charge in [-0.2, -0.15) is 0 Å². The molecule has 128 valence electrons. The van der Waals surface area contributed by atoms with Crippen LogP contribution in [0, 0.1) is 0 Å². The number of pyridine rings is 1. The van der Waals surface area contributed by atoms with E-state index >= 15 is 0 Å². The van der Waals surface area contributed by atoms with Crippen LogP contribution in [-0.4, -0.2) is 77.9 Å². The highest BCUT2D eigenvalue weighted by Crippen LogP contribution is 2.25. The summed E-state index contributed by atoms with van der Waals surface area (Å²) in [6.45, 7) is 9.20. The van der Waals surface area contributed by atoms with Crippen LogP contribution in [0.5, 0.6) is 0 Å². The van der Waals surface area contributed by atoms with Crippen molar-refractivity contribution in [3.05, 3.63) is 24.7 Å². The van der Waals surface area contributed by atoms with Gasteiger partial charge in [-0.25, -0.2) is 15.0 Å². The van der Waals surface area contributed by atoms with E-state index in [0.29, 0.717) is 5.65 Å². The Hall–Kier alpha value is -1.83. The van der Waals surface area contributed by atoms with Crippen LogP contribution in [0.1, 0.15) is 6.92 Å². The molecular weight excluding hydrogens is 304 g/mol. The number of ether oxygens (including phenoxy) is 1. The number of hydrogen-bond acceptors (Lipinski definition) is 7. The van der Waals surface area contributed by atoms with Gasteiger partial charge in [0.05, 0.1) is 17.9 Å². The fourth-order valence-corrected chi connectivity index (χ4v) is 3.64. The Balaban J connectivity index is 1.53. The number of nitrogens with one attached hydrogen (secondary N) is 1. The lowest BCUT2D eigenvalue weighted by Gasteiger charge is -2.40. The minimum atomic E-state index is 0.201. The van der Waals surface area contributed by atoms with Gasteiger partial charge in [0, 0.05) is 64.4 Å². The Morgan fingerprint density at radius 3 is 2.79 bits per heavy atom. The van der Waals surface area contributed by atoms with Crippen LogP contribution >= 0.6 is 0 Å². The van der Waals surface area contributed by atoms with E-state index in [-0.39, 0.29) is 12.2 Å². The van der Waals surface area contributed by atoms with E-state index in [0.717, 1.165) is 57.0 Å². The second kappa shape index (κ2) is 6.96. The Kier molecular flexibility index (Phi) is 4.55. The van der Waals surface area contributed by atoms with Crippen LogP contribution in [0.3, 0.4) is 0 Å². The summed E-state index contributed by atoms with van der Waals surface area (Å²) in [5.41, 5.74) is 2.68. The lowest BCUT2D eigenvalue weighted by molar-refractivity contribution is -0.0334. The maximum atomic E-state index is 6.20. The van der Waals surface area contributed by atoms with Crippen LogP contribution in [0.25, 0.3) is 11.2 Å². The van der Waals surface area contributed by atoms with Gasteiger partial charge in [0.15, 0.2) is 5.65 Å². The van der Waals surface area contributed by atoms with Gasteiger partial charge in [0.1, 0.15) is 5.52 Å². The Labute approximate surface area is 142 Å². The molecule has 2 aliphatic rings. The van der Waals surface area contributed by atoms with E-state index in [1.165, 1.54) is 0 Å². The molecule has 0 spiro atoms. The zero-order valence-corrected chi connectivity index (χ0v) is 14.1. The molecule has 0 radical (unpaired) electrons. The molecular formula is C17H24N6O. The predicted octanol–water partition coefficient (Wildman–Crippen LogP) is 0.524. The molecule has 0 bridgehead atoms. The van der Waals surface area contributed by atoms with Crippen LogP contribution in [0.2, 0.25) is 0 Å². The molecule has 0 saturated carbocycles. The number of aromatic nitrogens is 3. The molecule has 2 fully saturated rings. The van der Waals surface area contributed by atoms with Crippen molar-refractivity contribution in [1.29, 1.82) is 0 Å². The third-order valence-electron chi connectivity index (χ3n) is 4.69. The molecule has 2 aliphatic heterocycles. The molecule has 2 atom stereocenters. The highest BCUT2D eigenvalue weighted by atomic mass is 16.5. The predicted molar refractivity (Wildman–Crippen MR) is 93.2 cm³/mol. The van der Waals surface area contributed by atoms with Crippen LogP contribution in [0.4, 0.5) is 5.69 Å². The third-order valence-corrected chi connectivity index (χ3v) is 4.69. The van der Waals surface area contributed by atoms with Gasteiger partial charge >= 0.3 is 0 Å². The Bertz CT molecular complexity index is 684. The van der Waals surface area contributed by atoms with Crippen molar-refractivity contribution >= 4 is 16.9 Å². The molecule has 0 unspecified atom stereocenters. The molecule has 2 saturated heterocycles. The molecule has 4 rings (SSSR count). The molecule has 4 heterocycles. The Morgan fingerprint density at radius 2 is 1.92 bits per heavy atom. The molecule has 0 aromatic carbocycles. The summed E-state index contributed by atoms with van der Waals surface area (Å²) in [5, 5.41) is 3.40. The van der Waals surface area contributed by atoms with Crippen LogP contribution in [-0.2, 0) is 4.74 Å². The van der Waals surface area contributed by atoms with E-state index in [4.69, 9.17) is 4.74 Å². The molecule has 7 heteroatoms. The van der Waals surface area contributed by atoms with Gasteiger partial charge in [-0.05, 0) is 13.0 Å². The fraction of sp³-hybridized carbons (Fsp3) is 0.588. The fourth-order valence-electron chi connectivity index (χ4n) is 3.64. The van der Waals surface area contributed by atoms with E-state index in [2.05, 4.69) is 37.0 Å². The van der Waals surface area contributed by atoms with Crippen molar-refractivity contribution in [2.45, 2.75) is 19.1 Å². The first-order chi connectivity index (χ1) is 11.8. The first-order valence-electron chi connectivity index (χ1n) is 8.69. The molecule has 0 amide bonds. The summed E-state index contributed by atoms with van der Waals surface area (Å²) < 4.78 is 6.20. The first kappa shape index (κ1) is 15.7. The van der Waals surface area contributed by atoms with E-state index in [9.17, 15) is 0 Å². The summed E-state index contributed by atoms with van der Waals surface area (Å²) >= 11 is 0. The van der Waals surface area contributed by atoms with E-state index in [1.807, 2.05) is 12.3 Å². The highest BCUT2D eigenvalue weighted by Gasteiger charge is 2.28. The largest absolute Gasteiger partial charge is 0.370 e. The third kappa shape index (κ3) is 3.33. The smallest absolute Gasteiger partial charge is 0.180 e.